The fraction of sp³-hybridized carbons (Fsp3) is 0.273. The normalized spacial score (nSPS) is 11.9. The van der Waals surface area contributed by atoms with Crippen LogP contribution in [0.15, 0.2) is 24.3 Å². The lowest BCUT2D eigenvalue weighted by atomic mass is 10.1. The Balaban J connectivity index is 2.89. The van der Waals surface area contributed by atoms with Gasteiger partial charge in [-0.05, 0) is 12.1 Å². The highest BCUT2D eigenvalue weighted by molar-refractivity contribution is 6.30. The summed E-state index contributed by atoms with van der Waals surface area (Å²) < 4.78 is 4.81. The van der Waals surface area contributed by atoms with Gasteiger partial charge in [-0.2, -0.15) is 0 Å². The third-order valence-electron chi connectivity index (χ3n) is 1.94. The van der Waals surface area contributed by atoms with Gasteiger partial charge in [-0.1, -0.05) is 30.7 Å². The van der Waals surface area contributed by atoms with Crippen molar-refractivity contribution >= 4 is 23.5 Å². The minimum atomic E-state index is -1.27. The van der Waals surface area contributed by atoms with E-state index in [-0.39, 0.29) is 6.42 Å². The molecule has 1 aromatic rings. The van der Waals surface area contributed by atoms with E-state index >= 15 is 0 Å². The van der Waals surface area contributed by atoms with Crippen molar-refractivity contribution in [2.75, 3.05) is 0 Å². The van der Waals surface area contributed by atoms with Crippen LogP contribution in [0.1, 0.15) is 25.0 Å². The first-order valence-corrected chi connectivity index (χ1v) is 5.10. The average Bonchev–Trinajstić information content (AvgIpc) is 2.26. The van der Waals surface area contributed by atoms with Crippen LogP contribution < -0.4 is 0 Å². The van der Waals surface area contributed by atoms with E-state index in [1.54, 1.807) is 19.1 Å². The summed E-state index contributed by atoms with van der Waals surface area (Å²) >= 11 is 5.67. The highest BCUT2D eigenvalue weighted by Gasteiger charge is 2.23. The molecule has 0 aliphatic carbocycles. The zero-order valence-corrected chi connectivity index (χ0v) is 9.40. The van der Waals surface area contributed by atoms with E-state index in [0.717, 1.165) is 0 Å². The summed E-state index contributed by atoms with van der Waals surface area (Å²) in [4.78, 5) is 22.0. The van der Waals surface area contributed by atoms with Crippen molar-refractivity contribution in [2.45, 2.75) is 19.4 Å². The summed E-state index contributed by atoms with van der Waals surface area (Å²) in [5.41, 5.74) is 0.388. The minimum Gasteiger partial charge on any atom is -0.478 e. The molecule has 0 saturated heterocycles. The lowest BCUT2D eigenvalue weighted by Crippen LogP contribution is -2.18. The first-order valence-electron chi connectivity index (χ1n) is 4.72. The molecule has 16 heavy (non-hydrogen) atoms. The molecule has 1 atom stereocenters. The second-order valence-corrected chi connectivity index (χ2v) is 3.55. The van der Waals surface area contributed by atoms with E-state index in [9.17, 15) is 9.59 Å². The Bertz CT molecular complexity index is 385. The Labute approximate surface area is 97.8 Å². The quantitative estimate of drug-likeness (QED) is 0.824. The summed E-state index contributed by atoms with van der Waals surface area (Å²) in [6, 6.07) is 6.13. The van der Waals surface area contributed by atoms with E-state index in [1.165, 1.54) is 12.1 Å². The van der Waals surface area contributed by atoms with Crippen molar-refractivity contribution in [2.24, 2.45) is 0 Å². The van der Waals surface area contributed by atoms with Gasteiger partial charge in [0.15, 0.2) is 0 Å². The fourth-order valence-corrected chi connectivity index (χ4v) is 1.24. The van der Waals surface area contributed by atoms with Crippen LogP contribution in [-0.4, -0.2) is 17.0 Å². The van der Waals surface area contributed by atoms with Crippen LogP contribution in [0, 0.1) is 0 Å². The molecule has 0 heterocycles. The van der Waals surface area contributed by atoms with Crippen molar-refractivity contribution < 1.29 is 19.4 Å². The van der Waals surface area contributed by atoms with Gasteiger partial charge >= 0.3 is 11.9 Å². The largest absolute Gasteiger partial charge is 0.478 e. The first kappa shape index (κ1) is 12.5. The van der Waals surface area contributed by atoms with Crippen molar-refractivity contribution in [1.29, 1.82) is 0 Å². The number of rotatable bonds is 4. The number of hydrogen-bond acceptors (Lipinski definition) is 3. The van der Waals surface area contributed by atoms with E-state index in [4.69, 9.17) is 21.4 Å². The standard InChI is InChI=1S/C11H11ClO4/c1-2-9(13)16-10(11(14)15)7-3-5-8(12)6-4-7/h3-6,10H,2H2,1H3,(H,14,15)/t10-/m1/s1. The van der Waals surface area contributed by atoms with E-state index in [0.29, 0.717) is 10.6 Å². The number of carbonyl (C=O) groups excluding carboxylic acids is 1. The van der Waals surface area contributed by atoms with Crippen LogP contribution >= 0.6 is 11.6 Å². The number of carboxylic acid groups (broad SMARTS) is 1. The Morgan fingerprint density at radius 1 is 1.38 bits per heavy atom. The summed E-state index contributed by atoms with van der Waals surface area (Å²) in [6.07, 6.45) is -1.14. The Morgan fingerprint density at radius 3 is 2.38 bits per heavy atom. The smallest absolute Gasteiger partial charge is 0.349 e. The lowest BCUT2D eigenvalue weighted by molar-refractivity contribution is -0.164. The van der Waals surface area contributed by atoms with Gasteiger partial charge in [0.2, 0.25) is 6.10 Å². The predicted octanol–water partition coefficient (Wildman–Crippen LogP) is 2.42. The Kier molecular flexibility index (Phi) is 4.31. The van der Waals surface area contributed by atoms with Crippen molar-refractivity contribution in [3.05, 3.63) is 34.9 Å². The maximum atomic E-state index is 11.1. The molecule has 0 aliphatic rings. The molecule has 4 nitrogen and oxygen atoms in total. The number of halogens is 1. The molecule has 0 spiro atoms. The summed E-state index contributed by atoms with van der Waals surface area (Å²) in [5, 5.41) is 9.43. The van der Waals surface area contributed by atoms with Crippen LogP contribution in [0.3, 0.4) is 0 Å². The van der Waals surface area contributed by atoms with Gasteiger partial charge in [0.1, 0.15) is 0 Å². The van der Waals surface area contributed by atoms with Gasteiger partial charge in [0.05, 0.1) is 0 Å². The minimum absolute atomic E-state index is 0.136. The number of carboxylic acids is 1. The number of ether oxygens (including phenoxy) is 1. The SMILES string of the molecule is CCC(=O)O[C@@H](C(=O)O)c1ccc(Cl)cc1. The fourth-order valence-electron chi connectivity index (χ4n) is 1.11. The van der Waals surface area contributed by atoms with E-state index in [1.807, 2.05) is 0 Å². The zero-order valence-electron chi connectivity index (χ0n) is 8.64. The number of esters is 1. The molecular weight excluding hydrogens is 232 g/mol. The van der Waals surface area contributed by atoms with Crippen molar-refractivity contribution in [1.82, 2.24) is 0 Å². The van der Waals surface area contributed by atoms with E-state index in [2.05, 4.69) is 0 Å². The zero-order chi connectivity index (χ0) is 12.1. The molecule has 0 radical (unpaired) electrons. The van der Waals surface area contributed by atoms with Crippen LogP contribution in [0.2, 0.25) is 5.02 Å². The summed E-state index contributed by atoms with van der Waals surface area (Å²) in [5.74, 6) is -1.76. The molecule has 1 aromatic carbocycles. The van der Waals surface area contributed by atoms with Crippen LogP contribution in [-0.2, 0) is 14.3 Å². The maximum Gasteiger partial charge on any atom is 0.349 e. The first-order chi connectivity index (χ1) is 7.54. The van der Waals surface area contributed by atoms with Crippen molar-refractivity contribution in [3.8, 4) is 0 Å². The second kappa shape index (κ2) is 5.51. The Morgan fingerprint density at radius 2 is 1.94 bits per heavy atom. The van der Waals surface area contributed by atoms with Crippen LogP contribution in [0.5, 0.6) is 0 Å². The second-order valence-electron chi connectivity index (χ2n) is 3.11. The number of hydrogen-bond donors (Lipinski definition) is 1. The van der Waals surface area contributed by atoms with Crippen LogP contribution in [0.4, 0.5) is 0 Å². The highest BCUT2D eigenvalue weighted by atomic mass is 35.5. The maximum absolute atomic E-state index is 11.1. The molecule has 1 N–H and O–H groups in total. The molecule has 0 aliphatic heterocycles. The van der Waals surface area contributed by atoms with Gasteiger partial charge < -0.3 is 9.84 Å². The van der Waals surface area contributed by atoms with Crippen LogP contribution in [0.25, 0.3) is 0 Å². The van der Waals surface area contributed by atoms with Gasteiger partial charge in [-0.3, -0.25) is 4.79 Å². The van der Waals surface area contributed by atoms with Crippen molar-refractivity contribution in [3.63, 3.8) is 0 Å². The molecule has 0 fully saturated rings. The molecule has 1 rings (SSSR count). The third-order valence-corrected chi connectivity index (χ3v) is 2.19. The topological polar surface area (TPSA) is 63.6 Å². The number of benzene rings is 1. The van der Waals surface area contributed by atoms with E-state index < -0.39 is 18.0 Å². The lowest BCUT2D eigenvalue weighted by Gasteiger charge is -2.13. The number of carbonyl (C=O) groups is 2. The van der Waals surface area contributed by atoms with Gasteiger partial charge in [0.25, 0.3) is 0 Å². The Hall–Kier alpha value is -1.55. The molecule has 5 heteroatoms. The molecule has 0 bridgehead atoms. The van der Waals surface area contributed by atoms with Gasteiger partial charge in [0, 0.05) is 17.0 Å². The molecular formula is C11H11ClO4. The highest BCUT2D eigenvalue weighted by Crippen LogP contribution is 2.20. The molecule has 0 amide bonds. The predicted molar refractivity (Wildman–Crippen MR) is 58.2 cm³/mol. The molecule has 0 aromatic heterocycles. The van der Waals surface area contributed by atoms with Gasteiger partial charge in [-0.25, -0.2) is 4.79 Å². The third kappa shape index (κ3) is 3.24. The summed E-state index contributed by atoms with van der Waals surface area (Å²) in [6.45, 7) is 1.60. The van der Waals surface area contributed by atoms with Gasteiger partial charge in [-0.15, -0.1) is 0 Å². The molecule has 86 valence electrons. The number of aliphatic carboxylic acids is 1. The monoisotopic (exact) mass is 242 g/mol. The molecule has 0 unspecified atom stereocenters. The summed E-state index contributed by atoms with van der Waals surface area (Å²) in [7, 11) is 0. The average molecular weight is 243 g/mol. The molecule has 0 saturated carbocycles.